The third kappa shape index (κ3) is 3.93. The number of carbonyl (C=O) groups is 1. The number of benzene rings is 1. The summed E-state index contributed by atoms with van der Waals surface area (Å²) < 4.78 is 6.82. The highest BCUT2D eigenvalue weighted by atomic mass is 32.2. The third-order valence-electron chi connectivity index (χ3n) is 3.69. The molecule has 0 saturated carbocycles. The fourth-order valence-corrected chi connectivity index (χ4v) is 3.82. The summed E-state index contributed by atoms with van der Waals surface area (Å²) in [6.07, 6.45) is 0. The van der Waals surface area contributed by atoms with Gasteiger partial charge in [-0.05, 0) is 35.7 Å². The molecule has 0 fully saturated rings. The number of hydrogen-bond acceptors (Lipinski definition) is 7. The predicted octanol–water partition coefficient (Wildman–Crippen LogP) is 3.59. The Morgan fingerprint density at radius 3 is 2.96 bits per heavy atom. The second-order valence-corrected chi connectivity index (χ2v) is 7.41. The van der Waals surface area contributed by atoms with E-state index in [9.17, 15) is 4.79 Å². The topological polar surface area (TPSA) is 81.4 Å². The van der Waals surface area contributed by atoms with Crippen molar-refractivity contribution in [2.24, 2.45) is 0 Å². The molecule has 1 amide bonds. The van der Waals surface area contributed by atoms with Crippen LogP contribution in [0.2, 0.25) is 0 Å². The molecule has 3 aromatic heterocycles. The predicted molar refractivity (Wildman–Crippen MR) is 106 cm³/mol. The number of hydrogen-bond donors (Lipinski definition) is 1. The summed E-state index contributed by atoms with van der Waals surface area (Å²) in [4.78, 5) is 13.3. The Morgan fingerprint density at radius 1 is 1.22 bits per heavy atom. The molecule has 1 N–H and O–H groups in total. The molecule has 136 valence electrons. The van der Waals surface area contributed by atoms with Gasteiger partial charge in [0.2, 0.25) is 11.1 Å². The third-order valence-corrected chi connectivity index (χ3v) is 5.51. The van der Waals surface area contributed by atoms with Crippen LogP contribution < -0.4 is 10.1 Å². The number of thiophene rings is 1. The number of aromatic nitrogens is 4. The maximum absolute atomic E-state index is 12.2. The average molecular weight is 397 g/mol. The fourth-order valence-electron chi connectivity index (χ4n) is 2.44. The van der Waals surface area contributed by atoms with Gasteiger partial charge in [0.25, 0.3) is 0 Å². The molecule has 1 aromatic carbocycles. The van der Waals surface area contributed by atoms with Gasteiger partial charge in [-0.2, -0.15) is 9.61 Å². The quantitative estimate of drug-likeness (QED) is 0.501. The molecule has 0 bridgehead atoms. The zero-order chi connectivity index (χ0) is 18.6. The molecule has 0 atom stereocenters. The normalized spacial score (nSPS) is 10.9. The summed E-state index contributed by atoms with van der Waals surface area (Å²) in [6.45, 7) is 0. The summed E-state index contributed by atoms with van der Waals surface area (Å²) in [5, 5.41) is 18.3. The highest BCUT2D eigenvalue weighted by molar-refractivity contribution is 7.99. The Morgan fingerprint density at radius 2 is 2.15 bits per heavy atom. The Kier molecular flexibility index (Phi) is 5.03. The first-order chi connectivity index (χ1) is 13.2. The van der Waals surface area contributed by atoms with Crippen molar-refractivity contribution < 1.29 is 9.53 Å². The van der Waals surface area contributed by atoms with Crippen molar-refractivity contribution in [3.8, 4) is 16.3 Å². The Hall–Kier alpha value is -2.91. The maximum Gasteiger partial charge on any atom is 0.234 e. The molecule has 9 heteroatoms. The molecular weight excluding hydrogens is 382 g/mol. The van der Waals surface area contributed by atoms with Gasteiger partial charge in [0, 0.05) is 11.8 Å². The van der Waals surface area contributed by atoms with Gasteiger partial charge in [-0.25, -0.2) is 0 Å². The smallest absolute Gasteiger partial charge is 0.234 e. The molecule has 7 nitrogen and oxygen atoms in total. The van der Waals surface area contributed by atoms with Crippen molar-refractivity contribution in [2.75, 3.05) is 18.2 Å². The molecule has 0 aliphatic rings. The van der Waals surface area contributed by atoms with Crippen molar-refractivity contribution in [3.63, 3.8) is 0 Å². The summed E-state index contributed by atoms with van der Waals surface area (Å²) >= 11 is 2.90. The molecule has 0 aliphatic heterocycles. The Labute approximate surface area is 163 Å². The Balaban J connectivity index is 1.46. The number of ether oxygens (including phenoxy) is 1. The molecule has 0 saturated heterocycles. The van der Waals surface area contributed by atoms with E-state index >= 15 is 0 Å². The maximum atomic E-state index is 12.2. The minimum absolute atomic E-state index is 0.139. The number of rotatable bonds is 6. The summed E-state index contributed by atoms with van der Waals surface area (Å²) in [6, 6.07) is 15.0. The molecule has 27 heavy (non-hydrogen) atoms. The molecule has 4 aromatic rings. The van der Waals surface area contributed by atoms with Gasteiger partial charge in [-0.1, -0.05) is 23.9 Å². The first kappa shape index (κ1) is 17.5. The Bertz CT molecular complexity index is 1080. The van der Waals surface area contributed by atoms with Crippen molar-refractivity contribution in [2.45, 2.75) is 5.16 Å². The van der Waals surface area contributed by atoms with Gasteiger partial charge in [-0.3, -0.25) is 4.79 Å². The van der Waals surface area contributed by atoms with Gasteiger partial charge < -0.3 is 10.1 Å². The lowest BCUT2D eigenvalue weighted by atomic mass is 10.3. The number of thioether (sulfide) groups is 1. The molecule has 0 radical (unpaired) electrons. The molecule has 0 spiro atoms. The minimum atomic E-state index is -0.139. The zero-order valence-corrected chi connectivity index (χ0v) is 16.0. The first-order valence-electron chi connectivity index (χ1n) is 8.06. The van der Waals surface area contributed by atoms with Crippen LogP contribution in [0.5, 0.6) is 5.75 Å². The highest BCUT2D eigenvalue weighted by Crippen LogP contribution is 2.24. The van der Waals surface area contributed by atoms with E-state index in [0.29, 0.717) is 22.2 Å². The molecular formula is C18H15N5O2S2. The van der Waals surface area contributed by atoms with Crippen LogP contribution >= 0.6 is 23.1 Å². The number of fused-ring (bicyclic) bond motifs is 1. The van der Waals surface area contributed by atoms with E-state index in [1.165, 1.54) is 11.8 Å². The number of nitrogens with one attached hydrogen (secondary N) is 1. The minimum Gasteiger partial charge on any atom is -0.497 e. The van der Waals surface area contributed by atoms with Crippen molar-refractivity contribution >= 4 is 40.3 Å². The van der Waals surface area contributed by atoms with E-state index in [-0.39, 0.29) is 11.7 Å². The lowest BCUT2D eigenvalue weighted by molar-refractivity contribution is -0.113. The molecule has 0 unspecified atom stereocenters. The number of amides is 1. The molecule has 0 aliphatic carbocycles. The summed E-state index contributed by atoms with van der Waals surface area (Å²) in [7, 11) is 1.59. The lowest BCUT2D eigenvalue weighted by Crippen LogP contribution is -2.14. The van der Waals surface area contributed by atoms with Crippen LogP contribution in [0.3, 0.4) is 0 Å². The van der Waals surface area contributed by atoms with Crippen LogP contribution in [0.4, 0.5) is 5.69 Å². The largest absolute Gasteiger partial charge is 0.497 e. The summed E-state index contributed by atoms with van der Waals surface area (Å²) in [5.41, 5.74) is 2.18. The number of carbonyl (C=O) groups excluding carboxylic acids is 1. The van der Waals surface area contributed by atoms with Gasteiger partial charge in [0.1, 0.15) is 11.4 Å². The van der Waals surface area contributed by atoms with E-state index in [2.05, 4.69) is 20.6 Å². The van der Waals surface area contributed by atoms with E-state index in [4.69, 9.17) is 4.74 Å². The number of methoxy groups -OCH3 is 1. The van der Waals surface area contributed by atoms with Gasteiger partial charge in [0.15, 0.2) is 5.65 Å². The number of nitrogens with zero attached hydrogens (tertiary/aromatic N) is 4. The van der Waals surface area contributed by atoms with Crippen molar-refractivity contribution in [1.29, 1.82) is 0 Å². The van der Waals surface area contributed by atoms with E-state index < -0.39 is 0 Å². The highest BCUT2D eigenvalue weighted by Gasteiger charge is 2.12. The van der Waals surface area contributed by atoms with E-state index in [1.54, 1.807) is 29.0 Å². The zero-order valence-electron chi connectivity index (χ0n) is 14.3. The second-order valence-electron chi connectivity index (χ2n) is 5.52. The number of anilines is 1. The van der Waals surface area contributed by atoms with Gasteiger partial charge >= 0.3 is 0 Å². The monoisotopic (exact) mass is 397 g/mol. The lowest BCUT2D eigenvalue weighted by Gasteiger charge is -2.06. The van der Waals surface area contributed by atoms with Gasteiger partial charge in [0.05, 0.1) is 17.7 Å². The van der Waals surface area contributed by atoms with E-state index in [1.807, 2.05) is 47.8 Å². The van der Waals surface area contributed by atoms with Crippen molar-refractivity contribution in [3.05, 3.63) is 53.9 Å². The standard InChI is InChI=1S/C18H15N5O2S2/c1-25-13-5-2-4-12(10-13)19-17(24)11-27-18-21-20-16-8-7-14(22-23(16)18)15-6-3-9-26-15/h2-10H,11H2,1H3,(H,19,24). The van der Waals surface area contributed by atoms with Crippen LogP contribution in [-0.4, -0.2) is 38.6 Å². The van der Waals surface area contributed by atoms with Crippen LogP contribution in [0.15, 0.2) is 59.1 Å². The molecule has 3 heterocycles. The van der Waals surface area contributed by atoms with E-state index in [0.717, 1.165) is 10.6 Å². The fraction of sp³-hybridized carbons (Fsp3) is 0.111. The molecule has 4 rings (SSSR count). The van der Waals surface area contributed by atoms with Gasteiger partial charge in [-0.15, -0.1) is 21.5 Å². The van der Waals surface area contributed by atoms with Crippen molar-refractivity contribution in [1.82, 2.24) is 19.8 Å². The van der Waals surface area contributed by atoms with Crippen LogP contribution in [0, 0.1) is 0 Å². The first-order valence-corrected chi connectivity index (χ1v) is 9.92. The SMILES string of the molecule is COc1cccc(NC(=O)CSc2nnc3ccc(-c4cccs4)nn23)c1. The second kappa shape index (κ2) is 7.77. The average Bonchev–Trinajstić information content (AvgIpc) is 3.36. The van der Waals surface area contributed by atoms with Crippen LogP contribution in [-0.2, 0) is 4.79 Å². The van der Waals surface area contributed by atoms with Crippen LogP contribution in [0.1, 0.15) is 0 Å². The summed E-state index contributed by atoms with van der Waals surface area (Å²) in [5.74, 6) is 0.747. The van der Waals surface area contributed by atoms with Crippen LogP contribution in [0.25, 0.3) is 16.2 Å².